The van der Waals surface area contributed by atoms with Gasteiger partial charge < -0.3 is 5.32 Å². The molecule has 1 heterocycles. The molecule has 4 rings (SSSR count). The Morgan fingerprint density at radius 2 is 1.93 bits per heavy atom. The smallest absolute Gasteiger partial charge is 0.270 e. The first kappa shape index (κ1) is 17.9. The molecule has 8 heteroatoms. The average molecular weight is 383 g/mol. The number of carbonyl (C=O) groups is 1. The Morgan fingerprint density at radius 1 is 1.10 bits per heavy atom. The molecule has 0 aliphatic carbocycles. The van der Waals surface area contributed by atoms with Crippen molar-refractivity contribution < 1.29 is 9.72 Å². The monoisotopic (exact) mass is 383 g/mol. The Labute approximate surface area is 164 Å². The van der Waals surface area contributed by atoms with E-state index in [1.807, 2.05) is 6.07 Å². The van der Waals surface area contributed by atoms with Crippen molar-refractivity contribution in [3.05, 3.63) is 88.0 Å². The van der Waals surface area contributed by atoms with Gasteiger partial charge in [-0.1, -0.05) is 18.2 Å². The number of hydrogen-bond donors (Lipinski definition) is 2. The molecule has 0 aliphatic heterocycles. The van der Waals surface area contributed by atoms with Gasteiger partial charge in [0.2, 0.25) is 0 Å². The van der Waals surface area contributed by atoms with Gasteiger partial charge in [-0.15, -0.1) is 0 Å². The van der Waals surface area contributed by atoms with Gasteiger partial charge in [0.25, 0.3) is 11.6 Å². The maximum Gasteiger partial charge on any atom is 0.270 e. The minimum atomic E-state index is -0.459. The molecule has 0 atom stereocenters. The number of non-ortho nitro benzene ring substituents is 1. The third-order valence-corrected chi connectivity index (χ3v) is 4.40. The Kier molecular flexibility index (Phi) is 4.47. The highest BCUT2D eigenvalue weighted by atomic mass is 16.6. The number of hydrogen-bond acceptors (Lipinski definition) is 5. The van der Waals surface area contributed by atoms with Crippen molar-refractivity contribution in [3.8, 4) is 17.3 Å². The second kappa shape index (κ2) is 7.25. The van der Waals surface area contributed by atoms with E-state index < -0.39 is 4.92 Å². The molecule has 0 radical (unpaired) electrons. The number of aromatic nitrogens is 2. The summed E-state index contributed by atoms with van der Waals surface area (Å²) in [6.07, 6.45) is 0. The molecule has 1 aromatic heterocycles. The van der Waals surface area contributed by atoms with Crippen LogP contribution in [0.2, 0.25) is 0 Å². The first-order valence-corrected chi connectivity index (χ1v) is 8.59. The first-order valence-electron chi connectivity index (χ1n) is 8.59. The fourth-order valence-electron chi connectivity index (χ4n) is 3.01. The molecule has 0 saturated carbocycles. The fraction of sp³-hybridized carbons (Fsp3) is 0. The Hall–Kier alpha value is -4.51. The van der Waals surface area contributed by atoms with Crippen LogP contribution in [0.3, 0.4) is 0 Å². The Bertz CT molecular complexity index is 1300. The number of nitrogens with one attached hydrogen (secondary N) is 2. The zero-order valence-corrected chi connectivity index (χ0v) is 14.9. The lowest BCUT2D eigenvalue weighted by molar-refractivity contribution is -0.384. The summed E-state index contributed by atoms with van der Waals surface area (Å²) in [4.78, 5) is 23.1. The van der Waals surface area contributed by atoms with E-state index in [1.54, 1.807) is 48.5 Å². The molecule has 1 amide bonds. The summed E-state index contributed by atoms with van der Waals surface area (Å²) in [6, 6.07) is 19.9. The number of benzene rings is 3. The summed E-state index contributed by atoms with van der Waals surface area (Å²) < 4.78 is 0. The molecule has 2 N–H and O–H groups in total. The van der Waals surface area contributed by atoms with Gasteiger partial charge in [0.15, 0.2) is 0 Å². The zero-order valence-electron chi connectivity index (χ0n) is 14.9. The maximum atomic E-state index is 12.5. The second-order valence-electron chi connectivity index (χ2n) is 6.29. The Morgan fingerprint density at radius 3 is 2.72 bits per heavy atom. The van der Waals surface area contributed by atoms with Crippen molar-refractivity contribution in [2.75, 3.05) is 5.32 Å². The number of nitrogens with zero attached hydrogens (tertiary/aromatic N) is 3. The number of nitriles is 1. The van der Waals surface area contributed by atoms with Crippen LogP contribution < -0.4 is 5.32 Å². The maximum absolute atomic E-state index is 12.5. The summed E-state index contributed by atoms with van der Waals surface area (Å²) in [6.45, 7) is 0. The lowest BCUT2D eigenvalue weighted by Crippen LogP contribution is -2.11. The highest BCUT2D eigenvalue weighted by molar-refractivity contribution is 6.06. The molecule has 0 aliphatic rings. The number of H-pyrrole nitrogens is 1. The molecule has 0 spiro atoms. The third-order valence-electron chi connectivity index (χ3n) is 4.40. The quantitative estimate of drug-likeness (QED) is 0.402. The summed E-state index contributed by atoms with van der Waals surface area (Å²) in [5.74, 6) is -0.346. The van der Waals surface area contributed by atoms with Crippen LogP contribution >= 0.6 is 0 Å². The van der Waals surface area contributed by atoms with Crippen molar-refractivity contribution in [2.45, 2.75) is 0 Å². The van der Waals surface area contributed by atoms with Gasteiger partial charge in [-0.2, -0.15) is 10.4 Å². The van der Waals surface area contributed by atoms with Crippen molar-refractivity contribution >= 4 is 28.2 Å². The molecule has 4 aromatic rings. The van der Waals surface area contributed by atoms with Gasteiger partial charge in [0.05, 0.1) is 22.1 Å². The SMILES string of the molecule is N#Cc1cccc(C(=O)Nc2ccc3[nH]nc(-c4cccc([N+](=O)[O-])c4)c3c2)c1. The highest BCUT2D eigenvalue weighted by Gasteiger charge is 2.14. The lowest BCUT2D eigenvalue weighted by Gasteiger charge is -2.06. The predicted octanol–water partition coefficient (Wildman–Crippen LogP) is 4.26. The molecule has 140 valence electrons. The minimum Gasteiger partial charge on any atom is -0.322 e. The molecular weight excluding hydrogens is 370 g/mol. The normalized spacial score (nSPS) is 10.4. The first-order chi connectivity index (χ1) is 14.0. The molecule has 0 unspecified atom stereocenters. The molecule has 0 bridgehead atoms. The molecule has 8 nitrogen and oxygen atoms in total. The van der Waals surface area contributed by atoms with Crippen LogP contribution in [0, 0.1) is 21.4 Å². The van der Waals surface area contributed by atoms with Gasteiger partial charge in [-0.05, 0) is 36.4 Å². The van der Waals surface area contributed by atoms with Gasteiger partial charge in [-0.3, -0.25) is 20.0 Å². The third kappa shape index (κ3) is 3.52. The highest BCUT2D eigenvalue weighted by Crippen LogP contribution is 2.30. The van der Waals surface area contributed by atoms with Crippen molar-refractivity contribution in [1.82, 2.24) is 10.2 Å². The number of rotatable bonds is 4. The van der Waals surface area contributed by atoms with Gasteiger partial charge >= 0.3 is 0 Å². The number of nitro groups is 1. The van der Waals surface area contributed by atoms with E-state index in [0.29, 0.717) is 33.5 Å². The lowest BCUT2D eigenvalue weighted by atomic mass is 10.1. The molecule has 3 aromatic carbocycles. The summed E-state index contributed by atoms with van der Waals surface area (Å²) >= 11 is 0. The fourth-order valence-corrected chi connectivity index (χ4v) is 3.01. The van der Waals surface area contributed by atoms with Gasteiger partial charge in [0.1, 0.15) is 5.69 Å². The van der Waals surface area contributed by atoms with Crippen molar-refractivity contribution in [2.24, 2.45) is 0 Å². The van der Waals surface area contributed by atoms with E-state index in [2.05, 4.69) is 15.5 Å². The summed E-state index contributed by atoms with van der Waals surface area (Å²) in [5, 5.41) is 30.7. The van der Waals surface area contributed by atoms with Gasteiger partial charge in [0, 0.05) is 34.3 Å². The molecule has 29 heavy (non-hydrogen) atoms. The van der Waals surface area contributed by atoms with Crippen LogP contribution in [0.25, 0.3) is 22.2 Å². The standard InChI is InChI=1S/C21H13N5O3/c22-12-13-3-1-5-15(9-13)21(27)23-16-7-8-19-18(11-16)20(25-24-19)14-4-2-6-17(10-14)26(28)29/h1-11H,(H,23,27)(H,24,25). The van der Waals surface area contributed by atoms with Crippen LogP contribution in [0.1, 0.15) is 15.9 Å². The van der Waals surface area contributed by atoms with E-state index in [1.165, 1.54) is 18.2 Å². The number of anilines is 1. The van der Waals surface area contributed by atoms with E-state index >= 15 is 0 Å². The zero-order chi connectivity index (χ0) is 20.4. The van der Waals surface area contributed by atoms with Crippen LogP contribution in [0.5, 0.6) is 0 Å². The topological polar surface area (TPSA) is 125 Å². The van der Waals surface area contributed by atoms with E-state index in [4.69, 9.17) is 5.26 Å². The number of amides is 1. The molecular formula is C21H13N5O3. The number of aromatic amines is 1. The van der Waals surface area contributed by atoms with Crippen LogP contribution in [-0.4, -0.2) is 21.0 Å². The van der Waals surface area contributed by atoms with E-state index in [-0.39, 0.29) is 11.6 Å². The van der Waals surface area contributed by atoms with Crippen LogP contribution in [0.4, 0.5) is 11.4 Å². The van der Waals surface area contributed by atoms with Crippen LogP contribution in [0.15, 0.2) is 66.7 Å². The average Bonchev–Trinajstić information content (AvgIpc) is 3.17. The summed E-state index contributed by atoms with van der Waals surface area (Å²) in [7, 11) is 0. The van der Waals surface area contributed by atoms with Crippen molar-refractivity contribution in [1.29, 1.82) is 5.26 Å². The Balaban J connectivity index is 1.68. The van der Waals surface area contributed by atoms with Crippen molar-refractivity contribution in [3.63, 3.8) is 0 Å². The van der Waals surface area contributed by atoms with Crippen LogP contribution in [-0.2, 0) is 0 Å². The number of carbonyl (C=O) groups excluding carboxylic acids is 1. The number of fused-ring (bicyclic) bond motifs is 1. The van der Waals surface area contributed by atoms with E-state index in [0.717, 1.165) is 5.52 Å². The second-order valence-corrected chi connectivity index (χ2v) is 6.29. The molecule has 0 fully saturated rings. The molecule has 0 saturated heterocycles. The van der Waals surface area contributed by atoms with E-state index in [9.17, 15) is 14.9 Å². The minimum absolute atomic E-state index is 0.0273. The summed E-state index contributed by atoms with van der Waals surface area (Å²) in [5.41, 5.74) is 3.16. The predicted molar refractivity (Wildman–Crippen MR) is 107 cm³/mol. The van der Waals surface area contributed by atoms with Gasteiger partial charge in [-0.25, -0.2) is 0 Å². The number of nitro benzene ring substituents is 1. The largest absolute Gasteiger partial charge is 0.322 e.